The van der Waals surface area contributed by atoms with Gasteiger partial charge in [0.1, 0.15) is 11.8 Å². The normalized spacial score (nSPS) is 23.5. The first kappa shape index (κ1) is 35.5. The van der Waals surface area contributed by atoms with Gasteiger partial charge in [0.15, 0.2) is 0 Å². The zero-order valence-corrected chi connectivity index (χ0v) is 31.5. The van der Waals surface area contributed by atoms with Crippen LogP contribution in [-0.4, -0.2) is 84.5 Å². The largest absolute Gasteiger partial charge is 0.508 e. The average Bonchev–Trinajstić information content (AvgIpc) is 3.53. The van der Waals surface area contributed by atoms with Crippen molar-refractivity contribution >= 4 is 29.1 Å². The van der Waals surface area contributed by atoms with E-state index in [9.17, 15) is 19.5 Å². The van der Waals surface area contributed by atoms with Crippen LogP contribution < -0.4 is 15.1 Å². The summed E-state index contributed by atoms with van der Waals surface area (Å²) < 4.78 is 0. The number of piperazine rings is 1. The highest BCUT2D eigenvalue weighted by Gasteiger charge is 2.39. The molecule has 9 nitrogen and oxygen atoms in total. The van der Waals surface area contributed by atoms with Crippen LogP contribution in [0, 0.1) is 11.8 Å². The molecule has 3 fully saturated rings. The lowest BCUT2D eigenvalue weighted by Gasteiger charge is -2.40. The number of hydrogen-bond acceptors (Lipinski definition) is 7. The molecule has 3 amide bonds. The van der Waals surface area contributed by atoms with Gasteiger partial charge >= 0.3 is 0 Å². The van der Waals surface area contributed by atoms with E-state index < -0.39 is 6.04 Å². The van der Waals surface area contributed by atoms with Crippen molar-refractivity contribution in [1.82, 2.24) is 15.1 Å². The predicted octanol–water partition coefficient (Wildman–Crippen LogP) is 6.13. The van der Waals surface area contributed by atoms with Crippen LogP contribution in [-0.2, 0) is 29.0 Å². The van der Waals surface area contributed by atoms with Crippen molar-refractivity contribution < 1.29 is 19.5 Å². The number of amides is 3. The fraction of sp³-hybridized carbons (Fsp3) is 0.413. The van der Waals surface area contributed by atoms with Gasteiger partial charge in [-0.2, -0.15) is 0 Å². The monoisotopic (exact) mass is 737 g/mol. The molecule has 0 saturated carbocycles. The zero-order chi connectivity index (χ0) is 37.5. The van der Waals surface area contributed by atoms with Crippen LogP contribution in [0.5, 0.6) is 5.75 Å². The molecule has 3 unspecified atom stereocenters. The summed E-state index contributed by atoms with van der Waals surface area (Å²) in [7, 11) is 0. The third kappa shape index (κ3) is 7.34. The Bertz CT molecular complexity index is 2050. The first-order valence-electron chi connectivity index (χ1n) is 20.3. The maximum atomic E-state index is 13.2. The maximum absolute atomic E-state index is 13.2. The number of piperidine rings is 2. The van der Waals surface area contributed by atoms with Crippen LogP contribution in [0.15, 0.2) is 91.0 Å². The lowest BCUT2D eigenvalue weighted by atomic mass is 9.70. The Morgan fingerprint density at radius 1 is 0.691 bits per heavy atom. The van der Waals surface area contributed by atoms with Crippen LogP contribution in [0.3, 0.4) is 0 Å². The molecule has 4 aliphatic heterocycles. The van der Waals surface area contributed by atoms with Crippen molar-refractivity contribution in [2.75, 3.05) is 55.6 Å². The number of rotatable bonds is 8. The van der Waals surface area contributed by atoms with Gasteiger partial charge in [-0.15, -0.1) is 0 Å². The highest BCUT2D eigenvalue weighted by Crippen LogP contribution is 2.44. The second kappa shape index (κ2) is 15.2. The summed E-state index contributed by atoms with van der Waals surface area (Å²) in [5.74, 6) is 1.12. The zero-order valence-electron chi connectivity index (χ0n) is 31.5. The smallest absolute Gasteiger partial charge is 0.255 e. The van der Waals surface area contributed by atoms with Crippen molar-refractivity contribution in [2.45, 2.75) is 63.5 Å². The number of fused-ring (bicyclic) bond motifs is 2. The number of aryl methyl sites for hydroxylation is 1. The highest BCUT2D eigenvalue weighted by molar-refractivity contribution is 6.05. The second-order valence-corrected chi connectivity index (χ2v) is 16.4. The molecule has 4 aromatic carbocycles. The van der Waals surface area contributed by atoms with Gasteiger partial charge in [0.05, 0.1) is 0 Å². The molecule has 1 aliphatic carbocycles. The number of nitrogens with zero attached hydrogens (tertiary/aromatic N) is 4. The summed E-state index contributed by atoms with van der Waals surface area (Å²) in [5, 5.41) is 12.6. The molecule has 2 N–H and O–H groups in total. The number of phenolic OH excluding ortho intramolecular Hbond substituents is 1. The Morgan fingerprint density at radius 2 is 1.44 bits per heavy atom. The van der Waals surface area contributed by atoms with Gasteiger partial charge in [-0.1, -0.05) is 48.5 Å². The molecule has 4 aromatic rings. The fourth-order valence-corrected chi connectivity index (χ4v) is 10.0. The number of carbonyl (C=O) groups excluding carboxylic acids is 3. The first-order valence-corrected chi connectivity index (χ1v) is 20.3. The van der Waals surface area contributed by atoms with Crippen LogP contribution in [0.2, 0.25) is 0 Å². The van der Waals surface area contributed by atoms with Crippen molar-refractivity contribution in [2.24, 2.45) is 11.8 Å². The SMILES string of the molecule is O=C1CCC(N2Cc3cc(N4CCN(CC5CCN(c6ccc(C7c8ccc(O)cc8CCC7Cc7ccccc7)cc6)CC5)CC4)ccc3C2=O)C(=O)N1. The third-order valence-corrected chi connectivity index (χ3v) is 13.1. The molecule has 284 valence electrons. The van der Waals surface area contributed by atoms with Gasteiger partial charge < -0.3 is 19.8 Å². The number of hydrogen-bond donors (Lipinski definition) is 2. The van der Waals surface area contributed by atoms with Gasteiger partial charge in [-0.3, -0.25) is 24.6 Å². The lowest BCUT2D eigenvalue weighted by molar-refractivity contribution is -0.136. The van der Waals surface area contributed by atoms with Crippen LogP contribution in [0.25, 0.3) is 0 Å². The number of anilines is 2. The van der Waals surface area contributed by atoms with Crippen molar-refractivity contribution in [1.29, 1.82) is 0 Å². The Labute approximate surface area is 323 Å². The number of carbonyl (C=O) groups is 3. The van der Waals surface area contributed by atoms with E-state index in [1.165, 1.54) is 40.8 Å². The summed E-state index contributed by atoms with van der Waals surface area (Å²) >= 11 is 0. The average molecular weight is 738 g/mol. The molecule has 0 radical (unpaired) electrons. The number of benzene rings is 4. The van der Waals surface area contributed by atoms with Gasteiger partial charge in [-0.25, -0.2) is 0 Å². The summed E-state index contributed by atoms with van der Waals surface area (Å²) in [6, 6.07) is 31.7. The van der Waals surface area contributed by atoms with Crippen molar-refractivity contribution in [3.8, 4) is 5.75 Å². The van der Waals surface area contributed by atoms with E-state index in [0.29, 0.717) is 42.0 Å². The summed E-state index contributed by atoms with van der Waals surface area (Å²) in [5.41, 5.74) is 9.48. The molecule has 5 aliphatic rings. The summed E-state index contributed by atoms with van der Waals surface area (Å²) in [6.07, 6.45) is 6.22. The van der Waals surface area contributed by atoms with E-state index in [-0.39, 0.29) is 24.1 Å². The van der Waals surface area contributed by atoms with Crippen LogP contribution >= 0.6 is 0 Å². The Balaban J connectivity index is 0.775. The van der Waals surface area contributed by atoms with Crippen molar-refractivity contribution in [3.05, 3.63) is 124 Å². The number of phenols is 1. The molecule has 9 rings (SSSR count). The Morgan fingerprint density at radius 3 is 2.20 bits per heavy atom. The maximum Gasteiger partial charge on any atom is 0.255 e. The van der Waals surface area contributed by atoms with Gasteiger partial charge in [-0.05, 0) is 121 Å². The molecule has 3 saturated heterocycles. The fourth-order valence-electron chi connectivity index (χ4n) is 10.0. The van der Waals surface area contributed by atoms with Gasteiger partial charge in [0.2, 0.25) is 11.8 Å². The molecule has 0 bridgehead atoms. The van der Waals surface area contributed by atoms with E-state index in [4.69, 9.17) is 0 Å². The number of aromatic hydroxyl groups is 1. The minimum absolute atomic E-state index is 0.121. The Hall–Kier alpha value is -5.15. The molecule has 0 spiro atoms. The van der Waals surface area contributed by atoms with Crippen molar-refractivity contribution in [3.63, 3.8) is 0 Å². The second-order valence-electron chi connectivity index (χ2n) is 16.4. The third-order valence-electron chi connectivity index (χ3n) is 13.1. The number of nitrogens with one attached hydrogen (secondary N) is 1. The molecular formula is C46H51N5O4. The highest BCUT2D eigenvalue weighted by atomic mass is 16.3. The lowest BCUT2D eigenvalue weighted by Crippen LogP contribution is -2.52. The minimum atomic E-state index is -0.585. The predicted molar refractivity (Wildman–Crippen MR) is 214 cm³/mol. The van der Waals surface area contributed by atoms with E-state index in [1.54, 1.807) is 4.90 Å². The minimum Gasteiger partial charge on any atom is -0.508 e. The molecule has 4 heterocycles. The Kier molecular flexibility index (Phi) is 9.81. The van der Waals surface area contributed by atoms with Gasteiger partial charge in [0, 0.05) is 81.6 Å². The molecule has 55 heavy (non-hydrogen) atoms. The molecule has 9 heteroatoms. The molecular weight excluding hydrogens is 687 g/mol. The first-order chi connectivity index (χ1) is 26.9. The van der Waals surface area contributed by atoms with E-state index >= 15 is 0 Å². The topological polar surface area (TPSA) is 96.4 Å². The van der Waals surface area contributed by atoms with Crippen LogP contribution in [0.4, 0.5) is 11.4 Å². The van der Waals surface area contributed by atoms with Gasteiger partial charge in [0.25, 0.3) is 5.91 Å². The number of imide groups is 1. The van der Waals surface area contributed by atoms with E-state index in [2.05, 4.69) is 86.7 Å². The standard InChI is InChI=1S/C46H51N5O4/c52-39-13-15-40-34(28-39)6-7-35(26-31-4-2-1-3-5-31)44(40)33-8-10-37(11-9-33)49-20-18-32(19-21-49)29-48-22-24-50(25-23-48)38-12-14-41-36(27-38)30-51(46(41)55)42-16-17-43(53)47-45(42)54/h1-5,8-15,27-28,32,35,42,44,52H,6-7,16-26,29-30H2,(H,47,53,54). The van der Waals surface area contributed by atoms with E-state index in [1.807, 2.05) is 24.3 Å². The molecule has 3 atom stereocenters. The summed E-state index contributed by atoms with van der Waals surface area (Å²) in [6.45, 7) is 7.66. The molecule has 0 aromatic heterocycles. The quantitative estimate of drug-likeness (QED) is 0.210. The summed E-state index contributed by atoms with van der Waals surface area (Å²) in [4.78, 5) is 46.5. The van der Waals surface area contributed by atoms with Crippen LogP contribution in [0.1, 0.15) is 76.2 Å². The van der Waals surface area contributed by atoms with E-state index in [0.717, 1.165) is 76.3 Å².